The molecule has 0 spiro atoms. The molecule has 0 aliphatic carbocycles. The standard InChI is InChI=1S/C10H9IN2O2/c1-2-7-5-3-4-6-8(7)13-9(11)10(14)15-12-13/h3-6H,2H2,1H3. The lowest BCUT2D eigenvalue weighted by Crippen LogP contribution is -2.36. The minimum absolute atomic E-state index is 0.401. The highest BCUT2D eigenvalue weighted by Gasteiger charge is 2.19. The number of rotatable bonds is 2. The van der Waals surface area contributed by atoms with Gasteiger partial charge in [-0.1, -0.05) is 25.1 Å². The maximum absolute atomic E-state index is 11.2. The van der Waals surface area contributed by atoms with E-state index in [4.69, 9.17) is 0 Å². The number of aryl methyl sites for hydroxylation is 1. The van der Waals surface area contributed by atoms with E-state index in [1.807, 2.05) is 46.9 Å². The average Bonchev–Trinajstić information content (AvgIpc) is 2.60. The van der Waals surface area contributed by atoms with E-state index in [2.05, 4.69) is 16.7 Å². The molecular formula is C10H9IN2O2. The first kappa shape index (κ1) is 10.4. The average molecular weight is 316 g/mol. The third-order valence-corrected chi connectivity index (χ3v) is 3.06. The zero-order chi connectivity index (χ0) is 10.8. The molecule has 15 heavy (non-hydrogen) atoms. The van der Waals surface area contributed by atoms with Gasteiger partial charge in [0.25, 0.3) is 3.70 Å². The van der Waals surface area contributed by atoms with Crippen LogP contribution in [0.1, 0.15) is 12.5 Å². The molecule has 78 valence electrons. The van der Waals surface area contributed by atoms with Crippen LogP contribution in [-0.2, 0) is 6.42 Å². The van der Waals surface area contributed by atoms with Crippen LogP contribution < -0.4 is 9.79 Å². The first-order valence-corrected chi connectivity index (χ1v) is 5.64. The molecule has 0 atom stereocenters. The molecule has 1 heterocycles. The van der Waals surface area contributed by atoms with Crippen molar-refractivity contribution in [2.75, 3.05) is 0 Å². The zero-order valence-corrected chi connectivity index (χ0v) is 10.3. The van der Waals surface area contributed by atoms with Crippen LogP contribution in [0.15, 0.2) is 28.8 Å². The fraction of sp³-hybridized carbons (Fsp3) is 0.200. The summed E-state index contributed by atoms with van der Waals surface area (Å²) < 4.78 is 6.59. The lowest BCUT2D eigenvalue weighted by atomic mass is 10.1. The van der Waals surface area contributed by atoms with Gasteiger partial charge < -0.3 is 9.63 Å². The molecule has 0 aliphatic heterocycles. The van der Waals surface area contributed by atoms with E-state index < -0.39 is 5.95 Å². The Labute approximate surface area is 101 Å². The largest absolute Gasteiger partial charge is 0.538 e. The molecule has 1 aromatic heterocycles. The number of halogens is 1. The van der Waals surface area contributed by atoms with Gasteiger partial charge in [0.1, 0.15) is 0 Å². The Kier molecular flexibility index (Phi) is 2.90. The Bertz CT molecular complexity index is 482. The summed E-state index contributed by atoms with van der Waals surface area (Å²) in [7, 11) is 0. The van der Waals surface area contributed by atoms with E-state index in [0.717, 1.165) is 17.7 Å². The summed E-state index contributed by atoms with van der Waals surface area (Å²) in [5, 5.41) is 14.9. The van der Waals surface area contributed by atoms with Gasteiger partial charge in [0.2, 0.25) is 5.69 Å². The Hall–Kier alpha value is -1.11. The van der Waals surface area contributed by atoms with Crippen molar-refractivity contribution in [1.29, 1.82) is 0 Å². The molecular weight excluding hydrogens is 307 g/mol. The van der Waals surface area contributed by atoms with Crippen molar-refractivity contribution in [3.63, 3.8) is 0 Å². The van der Waals surface area contributed by atoms with Gasteiger partial charge in [0, 0.05) is 34.2 Å². The molecule has 5 heteroatoms. The first-order chi connectivity index (χ1) is 7.24. The second-order valence-corrected chi connectivity index (χ2v) is 4.07. The molecule has 0 N–H and O–H groups in total. The van der Waals surface area contributed by atoms with Crippen molar-refractivity contribution < 1.29 is 14.3 Å². The van der Waals surface area contributed by atoms with Gasteiger partial charge >= 0.3 is 0 Å². The normalized spacial score (nSPS) is 10.5. The van der Waals surface area contributed by atoms with Crippen molar-refractivity contribution >= 4 is 22.6 Å². The van der Waals surface area contributed by atoms with Crippen LogP contribution in [0.4, 0.5) is 0 Å². The lowest BCUT2D eigenvalue weighted by molar-refractivity contribution is -0.682. The lowest BCUT2D eigenvalue weighted by Gasteiger charge is -1.97. The van der Waals surface area contributed by atoms with E-state index in [1.165, 1.54) is 4.68 Å². The number of benzene rings is 1. The molecule has 4 nitrogen and oxygen atoms in total. The summed E-state index contributed by atoms with van der Waals surface area (Å²) in [6.07, 6.45) is 0.889. The number of aromatic nitrogens is 2. The molecule has 0 fully saturated rings. The molecule has 1 aromatic carbocycles. The molecule has 2 aromatic rings. The van der Waals surface area contributed by atoms with Crippen LogP contribution in [0.25, 0.3) is 5.69 Å². The predicted octanol–water partition coefficient (Wildman–Crippen LogP) is 1.19. The summed E-state index contributed by atoms with van der Waals surface area (Å²) in [6, 6.07) is 7.81. The quantitative estimate of drug-likeness (QED) is 0.618. The Morgan fingerprint density at radius 3 is 2.80 bits per heavy atom. The second kappa shape index (κ2) is 4.18. The molecule has 2 rings (SSSR count). The van der Waals surface area contributed by atoms with Crippen molar-refractivity contribution in [3.05, 3.63) is 33.5 Å². The van der Waals surface area contributed by atoms with Crippen LogP contribution >= 0.6 is 22.6 Å². The van der Waals surface area contributed by atoms with Gasteiger partial charge in [0.15, 0.2) is 5.95 Å². The molecule has 0 amide bonds. The molecule has 0 saturated heterocycles. The Balaban J connectivity index is 2.58. The smallest absolute Gasteiger partial charge is 0.298 e. The second-order valence-electron chi connectivity index (χ2n) is 3.05. The predicted molar refractivity (Wildman–Crippen MR) is 59.6 cm³/mol. The monoisotopic (exact) mass is 316 g/mol. The third-order valence-electron chi connectivity index (χ3n) is 2.16. The number of hydrogen-bond donors (Lipinski definition) is 0. The summed E-state index contributed by atoms with van der Waals surface area (Å²) >= 11 is 1.93. The maximum atomic E-state index is 11.2. The Morgan fingerprint density at radius 2 is 2.20 bits per heavy atom. The van der Waals surface area contributed by atoms with Crippen LogP contribution in [0.2, 0.25) is 0 Å². The van der Waals surface area contributed by atoms with Crippen LogP contribution in [0.5, 0.6) is 5.95 Å². The third kappa shape index (κ3) is 1.83. The minimum atomic E-state index is -0.401. The van der Waals surface area contributed by atoms with Gasteiger partial charge in [-0.2, -0.15) is 0 Å². The number of hydrogen-bond acceptors (Lipinski definition) is 3. The maximum Gasteiger partial charge on any atom is 0.298 e. The highest BCUT2D eigenvalue weighted by atomic mass is 127. The first-order valence-electron chi connectivity index (χ1n) is 4.57. The minimum Gasteiger partial charge on any atom is -0.538 e. The fourth-order valence-electron chi connectivity index (χ4n) is 1.40. The SMILES string of the molecule is CCc1ccccc1-[n+]1noc([O-])c1I. The van der Waals surface area contributed by atoms with E-state index >= 15 is 0 Å². The molecule has 0 unspecified atom stereocenters. The van der Waals surface area contributed by atoms with Crippen LogP contribution in [0.3, 0.4) is 0 Å². The van der Waals surface area contributed by atoms with Gasteiger partial charge in [0.05, 0.1) is 5.27 Å². The van der Waals surface area contributed by atoms with E-state index in [1.54, 1.807) is 0 Å². The van der Waals surface area contributed by atoms with Crippen molar-refractivity contribution in [2.45, 2.75) is 13.3 Å². The van der Waals surface area contributed by atoms with Crippen molar-refractivity contribution in [2.24, 2.45) is 0 Å². The highest BCUT2D eigenvalue weighted by Crippen LogP contribution is 2.15. The summed E-state index contributed by atoms with van der Waals surface area (Å²) in [5.41, 5.74) is 2.03. The summed E-state index contributed by atoms with van der Waals surface area (Å²) in [4.78, 5) is 0. The van der Waals surface area contributed by atoms with E-state index in [-0.39, 0.29) is 0 Å². The topological polar surface area (TPSA) is 53.0 Å². The molecule has 0 aliphatic rings. The number of nitrogens with zero attached hydrogens (tertiary/aromatic N) is 2. The molecule has 0 saturated carbocycles. The highest BCUT2D eigenvalue weighted by molar-refractivity contribution is 14.1. The van der Waals surface area contributed by atoms with Crippen molar-refractivity contribution in [1.82, 2.24) is 5.27 Å². The zero-order valence-electron chi connectivity index (χ0n) is 8.11. The molecule has 0 radical (unpaired) electrons. The van der Waals surface area contributed by atoms with E-state index in [0.29, 0.717) is 3.70 Å². The van der Waals surface area contributed by atoms with Gasteiger partial charge in [-0.15, -0.1) is 0 Å². The molecule has 0 bridgehead atoms. The van der Waals surface area contributed by atoms with Crippen LogP contribution in [0, 0.1) is 3.70 Å². The number of para-hydroxylation sites is 1. The van der Waals surface area contributed by atoms with Gasteiger partial charge in [-0.25, -0.2) is 0 Å². The van der Waals surface area contributed by atoms with Gasteiger partial charge in [-0.05, 0) is 11.1 Å². The Morgan fingerprint density at radius 1 is 1.47 bits per heavy atom. The van der Waals surface area contributed by atoms with E-state index in [9.17, 15) is 5.11 Å². The fourth-order valence-corrected chi connectivity index (χ4v) is 1.85. The summed E-state index contributed by atoms with van der Waals surface area (Å²) in [5.74, 6) is -0.401. The summed E-state index contributed by atoms with van der Waals surface area (Å²) in [6.45, 7) is 2.06. The van der Waals surface area contributed by atoms with Crippen molar-refractivity contribution in [3.8, 4) is 11.6 Å². The van der Waals surface area contributed by atoms with Crippen LogP contribution in [-0.4, -0.2) is 5.27 Å². The van der Waals surface area contributed by atoms with Gasteiger partial charge in [-0.3, -0.25) is 0 Å².